The predicted molar refractivity (Wildman–Crippen MR) is 94.0 cm³/mol. The quantitative estimate of drug-likeness (QED) is 0.568. The van der Waals surface area contributed by atoms with Gasteiger partial charge >= 0.3 is 0 Å². The molecule has 0 amide bonds. The van der Waals surface area contributed by atoms with E-state index in [2.05, 4.69) is 82.3 Å². The molecule has 0 bridgehead atoms. The van der Waals surface area contributed by atoms with Crippen LogP contribution in [0.5, 0.6) is 0 Å². The van der Waals surface area contributed by atoms with Crippen LogP contribution in [0.4, 0.5) is 0 Å². The van der Waals surface area contributed by atoms with E-state index in [4.69, 9.17) is 0 Å². The minimum Gasteiger partial charge on any atom is -0.322 e. The smallest absolute Gasteiger partial charge is 0.141 e. The first-order valence-electron chi connectivity index (χ1n) is 7.80. The van der Waals surface area contributed by atoms with E-state index in [1.54, 1.807) is 0 Å². The van der Waals surface area contributed by atoms with E-state index in [1.165, 1.54) is 28.4 Å². The second-order valence-electron chi connectivity index (χ2n) is 8.07. The summed E-state index contributed by atoms with van der Waals surface area (Å²) in [7, 11) is 3.68. The first-order chi connectivity index (χ1) is 9.80. The van der Waals surface area contributed by atoms with E-state index in [0.717, 1.165) is 4.48 Å². The third-order valence-electron chi connectivity index (χ3n) is 4.38. The molecule has 2 heteroatoms. The van der Waals surface area contributed by atoms with Crippen LogP contribution in [0.3, 0.4) is 0 Å². The molecule has 2 aromatic carbocycles. The summed E-state index contributed by atoms with van der Waals surface area (Å²) in [5.41, 5.74) is 5.86. The van der Waals surface area contributed by atoms with Gasteiger partial charge in [0.05, 0.1) is 20.3 Å². The first kappa shape index (κ1) is 14.5. The summed E-state index contributed by atoms with van der Waals surface area (Å²) in [4.78, 5) is 0. The molecule has 0 aromatic heterocycles. The van der Waals surface area contributed by atoms with E-state index >= 15 is 0 Å². The Morgan fingerprint density at radius 1 is 0.810 bits per heavy atom. The van der Waals surface area contributed by atoms with Gasteiger partial charge in [-0.1, -0.05) is 68.2 Å². The standard InChI is InChI=1S/C19H26NSi/c1-20(2,14-21(3,4)5)19-17-12-8-6-10-15(17)16-11-7-9-13-18(16)19/h6-13,19H,14H2,1-5H3/q+1. The van der Waals surface area contributed by atoms with Gasteiger partial charge in [0.2, 0.25) is 0 Å². The van der Waals surface area contributed by atoms with Crippen LogP contribution in [0.25, 0.3) is 11.1 Å². The largest absolute Gasteiger partial charge is 0.322 e. The molecule has 1 aliphatic rings. The fourth-order valence-corrected chi connectivity index (χ4v) is 6.82. The summed E-state index contributed by atoms with van der Waals surface area (Å²) >= 11 is 0. The summed E-state index contributed by atoms with van der Waals surface area (Å²) < 4.78 is 1.06. The van der Waals surface area contributed by atoms with Crippen LogP contribution in [0.2, 0.25) is 19.6 Å². The van der Waals surface area contributed by atoms with E-state index in [9.17, 15) is 0 Å². The molecule has 1 nitrogen and oxygen atoms in total. The lowest BCUT2D eigenvalue weighted by Gasteiger charge is -2.41. The molecule has 0 fully saturated rings. The van der Waals surface area contributed by atoms with Gasteiger partial charge in [-0.15, -0.1) is 0 Å². The van der Waals surface area contributed by atoms with Gasteiger partial charge in [-0.05, 0) is 11.1 Å². The Morgan fingerprint density at radius 2 is 1.24 bits per heavy atom. The molecule has 0 saturated carbocycles. The topological polar surface area (TPSA) is 0 Å². The third-order valence-corrected chi connectivity index (χ3v) is 6.15. The third kappa shape index (κ3) is 2.58. The van der Waals surface area contributed by atoms with Crippen LogP contribution in [0.1, 0.15) is 17.2 Å². The summed E-state index contributed by atoms with van der Waals surface area (Å²) in [5.74, 6) is 0. The number of benzene rings is 2. The molecule has 2 aromatic rings. The minimum atomic E-state index is -1.13. The highest BCUT2D eigenvalue weighted by atomic mass is 28.3. The van der Waals surface area contributed by atoms with Crippen LogP contribution < -0.4 is 0 Å². The van der Waals surface area contributed by atoms with Crippen molar-refractivity contribution in [1.29, 1.82) is 0 Å². The van der Waals surface area contributed by atoms with Crippen LogP contribution in [0.15, 0.2) is 48.5 Å². The molecule has 0 radical (unpaired) electrons. The average molecular weight is 297 g/mol. The zero-order valence-electron chi connectivity index (χ0n) is 13.9. The lowest BCUT2D eigenvalue weighted by Crippen LogP contribution is -2.52. The maximum atomic E-state index is 2.47. The molecule has 0 saturated heterocycles. The monoisotopic (exact) mass is 296 g/mol. The first-order valence-corrected chi connectivity index (χ1v) is 11.5. The van der Waals surface area contributed by atoms with E-state index < -0.39 is 8.07 Å². The Hall–Kier alpha value is -1.38. The molecule has 0 N–H and O–H groups in total. The van der Waals surface area contributed by atoms with E-state index in [-0.39, 0.29) is 0 Å². The number of quaternary nitrogens is 1. The summed E-state index contributed by atoms with van der Waals surface area (Å²) in [5, 5.41) is 0. The number of rotatable bonds is 3. The Balaban J connectivity index is 2.15. The Labute approximate surface area is 129 Å². The van der Waals surface area contributed by atoms with Gasteiger partial charge in [0, 0.05) is 11.1 Å². The van der Waals surface area contributed by atoms with Crippen molar-refractivity contribution in [3.05, 3.63) is 59.7 Å². The van der Waals surface area contributed by atoms with Gasteiger partial charge in [0.25, 0.3) is 0 Å². The molecule has 1 aliphatic carbocycles. The molecule has 3 rings (SSSR count). The Morgan fingerprint density at radius 3 is 1.67 bits per heavy atom. The van der Waals surface area contributed by atoms with Crippen molar-refractivity contribution in [1.82, 2.24) is 0 Å². The molecule has 21 heavy (non-hydrogen) atoms. The van der Waals surface area contributed by atoms with Gasteiger partial charge in [-0.3, -0.25) is 0 Å². The Bertz CT molecular complexity index is 622. The fourth-order valence-electron chi connectivity index (χ4n) is 4.20. The van der Waals surface area contributed by atoms with Gasteiger partial charge in [0.1, 0.15) is 14.1 Å². The van der Waals surface area contributed by atoms with E-state index in [0.29, 0.717) is 6.04 Å². The van der Waals surface area contributed by atoms with Crippen LogP contribution in [-0.2, 0) is 0 Å². The van der Waals surface area contributed by atoms with Crippen LogP contribution in [-0.4, -0.2) is 32.8 Å². The highest BCUT2D eigenvalue weighted by molar-refractivity contribution is 6.76. The van der Waals surface area contributed by atoms with Crippen LogP contribution in [0, 0.1) is 0 Å². The maximum Gasteiger partial charge on any atom is 0.141 e. The summed E-state index contributed by atoms with van der Waals surface area (Å²) in [6, 6.07) is 18.4. The highest BCUT2D eigenvalue weighted by Gasteiger charge is 2.41. The lowest BCUT2D eigenvalue weighted by molar-refractivity contribution is -0.905. The minimum absolute atomic E-state index is 0.476. The zero-order chi connectivity index (χ0) is 15.3. The number of fused-ring (bicyclic) bond motifs is 3. The van der Waals surface area contributed by atoms with Crippen molar-refractivity contribution < 1.29 is 4.48 Å². The molecule has 0 heterocycles. The van der Waals surface area contributed by atoms with Gasteiger partial charge < -0.3 is 4.48 Å². The molecule has 0 atom stereocenters. The normalized spacial score (nSPS) is 14.9. The zero-order valence-corrected chi connectivity index (χ0v) is 14.9. The number of nitrogens with zero attached hydrogens (tertiary/aromatic N) is 1. The van der Waals surface area contributed by atoms with Crippen molar-refractivity contribution in [2.45, 2.75) is 25.7 Å². The average Bonchev–Trinajstić information content (AvgIpc) is 2.71. The van der Waals surface area contributed by atoms with E-state index in [1.807, 2.05) is 0 Å². The van der Waals surface area contributed by atoms with Gasteiger partial charge in [-0.2, -0.15) is 0 Å². The van der Waals surface area contributed by atoms with Gasteiger partial charge in [-0.25, -0.2) is 0 Å². The molecule has 0 aliphatic heterocycles. The second-order valence-corrected chi connectivity index (χ2v) is 13.5. The molecule has 110 valence electrons. The molecule has 0 unspecified atom stereocenters. The molecular formula is C19H26NSi+. The van der Waals surface area contributed by atoms with Crippen molar-refractivity contribution in [3.8, 4) is 11.1 Å². The lowest BCUT2D eigenvalue weighted by atomic mass is 10.0. The van der Waals surface area contributed by atoms with Crippen molar-refractivity contribution in [2.24, 2.45) is 0 Å². The summed E-state index contributed by atoms with van der Waals surface area (Å²) in [6.45, 7) is 7.42. The van der Waals surface area contributed by atoms with Crippen molar-refractivity contribution in [3.63, 3.8) is 0 Å². The highest BCUT2D eigenvalue weighted by Crippen LogP contribution is 2.48. The number of hydrogen-bond acceptors (Lipinski definition) is 0. The second kappa shape index (κ2) is 4.82. The van der Waals surface area contributed by atoms with Crippen LogP contribution >= 0.6 is 0 Å². The number of hydrogen-bond donors (Lipinski definition) is 0. The Kier molecular flexibility index (Phi) is 3.34. The molecular weight excluding hydrogens is 270 g/mol. The fraction of sp³-hybridized carbons (Fsp3) is 0.368. The molecule has 0 spiro atoms. The summed E-state index contributed by atoms with van der Waals surface area (Å²) in [6.07, 6.45) is 1.29. The SMILES string of the molecule is C[N+](C)(C[Si](C)(C)C)C1c2ccccc2-c2ccccc21. The van der Waals surface area contributed by atoms with Gasteiger partial charge in [0.15, 0.2) is 0 Å². The van der Waals surface area contributed by atoms with Crippen molar-refractivity contribution >= 4 is 8.07 Å². The van der Waals surface area contributed by atoms with Crippen molar-refractivity contribution in [2.75, 3.05) is 20.3 Å². The maximum absolute atomic E-state index is 2.47. The predicted octanol–water partition coefficient (Wildman–Crippen LogP) is 4.71.